The van der Waals surface area contributed by atoms with E-state index in [1.54, 1.807) is 25.1 Å². The van der Waals surface area contributed by atoms with Crippen LogP contribution in [0.25, 0.3) is 11.5 Å². The van der Waals surface area contributed by atoms with Gasteiger partial charge in [-0.3, -0.25) is 4.90 Å². The van der Waals surface area contributed by atoms with Gasteiger partial charge in [0.05, 0.1) is 13.7 Å². The van der Waals surface area contributed by atoms with Crippen LogP contribution in [0.4, 0.5) is 4.79 Å². The predicted octanol–water partition coefficient (Wildman–Crippen LogP) is 1.23. The molecule has 156 valence electrons. The van der Waals surface area contributed by atoms with Gasteiger partial charge < -0.3 is 29.4 Å². The molecule has 0 unspecified atom stereocenters. The number of hydrogen-bond acceptors (Lipinski definition) is 8. The van der Waals surface area contributed by atoms with Crippen molar-refractivity contribution in [2.75, 3.05) is 33.4 Å². The Morgan fingerprint density at radius 1 is 1.31 bits per heavy atom. The quantitative estimate of drug-likeness (QED) is 0.613. The van der Waals surface area contributed by atoms with Gasteiger partial charge in [-0.05, 0) is 18.2 Å². The van der Waals surface area contributed by atoms with E-state index >= 15 is 0 Å². The zero-order chi connectivity index (χ0) is 21.0. The van der Waals surface area contributed by atoms with Gasteiger partial charge in [-0.2, -0.15) is 0 Å². The fraction of sp³-hybridized carbons (Fsp3) is 0.444. The summed E-state index contributed by atoms with van der Waals surface area (Å²) in [5.41, 5.74) is -1.00. The molecule has 3 rings (SSSR count). The summed E-state index contributed by atoms with van der Waals surface area (Å²) in [6, 6.07) is 5.05. The highest BCUT2D eigenvalue weighted by molar-refractivity contribution is 5.84. The molecule has 0 saturated carbocycles. The Labute approximate surface area is 166 Å². The Morgan fingerprint density at radius 3 is 2.72 bits per heavy atom. The molecule has 11 heteroatoms. The van der Waals surface area contributed by atoms with E-state index in [2.05, 4.69) is 15.5 Å². The number of methoxy groups -OCH3 is 1. The third kappa shape index (κ3) is 4.09. The molecule has 1 atom stereocenters. The van der Waals surface area contributed by atoms with Crippen molar-refractivity contribution in [3.63, 3.8) is 0 Å². The molecule has 0 spiro atoms. The highest BCUT2D eigenvalue weighted by atomic mass is 16.5. The summed E-state index contributed by atoms with van der Waals surface area (Å²) in [6.07, 6.45) is -1.32. The minimum absolute atomic E-state index is 0.00354. The third-order valence-electron chi connectivity index (χ3n) is 4.79. The van der Waals surface area contributed by atoms with E-state index in [0.717, 1.165) is 4.90 Å². The summed E-state index contributed by atoms with van der Waals surface area (Å²) >= 11 is 0. The summed E-state index contributed by atoms with van der Waals surface area (Å²) in [5.74, 6) is 0.293. The fourth-order valence-corrected chi connectivity index (χ4v) is 3.26. The second-order valence-corrected chi connectivity index (χ2v) is 6.54. The molecule has 3 N–H and O–H groups in total. The molecule has 0 bridgehead atoms. The first kappa shape index (κ1) is 20.4. The average molecular weight is 406 g/mol. The summed E-state index contributed by atoms with van der Waals surface area (Å²) in [7, 11) is 1.48. The topological polar surface area (TPSA) is 147 Å². The van der Waals surface area contributed by atoms with Crippen LogP contribution in [-0.2, 0) is 4.79 Å². The van der Waals surface area contributed by atoms with E-state index in [0.29, 0.717) is 35.4 Å². The number of rotatable bonds is 7. The van der Waals surface area contributed by atoms with Crippen LogP contribution >= 0.6 is 0 Å². The number of aryl methyl sites for hydroxylation is 1. The van der Waals surface area contributed by atoms with Crippen LogP contribution in [0.1, 0.15) is 12.3 Å². The van der Waals surface area contributed by atoms with Crippen LogP contribution in [0, 0.1) is 6.92 Å². The van der Waals surface area contributed by atoms with Gasteiger partial charge in [0, 0.05) is 38.5 Å². The van der Waals surface area contributed by atoms with E-state index in [9.17, 15) is 19.8 Å². The van der Waals surface area contributed by atoms with Crippen molar-refractivity contribution >= 4 is 12.1 Å². The zero-order valence-corrected chi connectivity index (χ0v) is 16.0. The molecule has 1 aliphatic rings. The number of nitrogens with zero attached hydrogens (tertiary/aromatic N) is 3. The average Bonchev–Trinajstić information content (AvgIpc) is 3.14. The SMILES string of the molecule is COc1ccc(-c2nnc(C)o2)cc1OCC[C@]1(C(=O)O)CNCCN1C(=O)O. The van der Waals surface area contributed by atoms with Crippen LogP contribution in [0.3, 0.4) is 0 Å². The molecule has 1 aromatic heterocycles. The summed E-state index contributed by atoms with van der Waals surface area (Å²) in [5, 5.41) is 29.9. The lowest BCUT2D eigenvalue weighted by molar-refractivity contribution is -0.152. The fourth-order valence-electron chi connectivity index (χ4n) is 3.26. The predicted molar refractivity (Wildman–Crippen MR) is 99.1 cm³/mol. The Kier molecular flexibility index (Phi) is 5.87. The number of nitrogens with one attached hydrogen (secondary N) is 1. The first-order chi connectivity index (χ1) is 13.9. The summed E-state index contributed by atoms with van der Waals surface area (Å²) < 4.78 is 16.5. The number of hydrogen-bond donors (Lipinski definition) is 3. The Balaban J connectivity index is 1.79. The van der Waals surface area contributed by atoms with Gasteiger partial charge in [0.15, 0.2) is 17.0 Å². The van der Waals surface area contributed by atoms with E-state index in [-0.39, 0.29) is 26.1 Å². The van der Waals surface area contributed by atoms with E-state index in [1.165, 1.54) is 7.11 Å². The highest BCUT2D eigenvalue weighted by Gasteiger charge is 2.48. The Bertz CT molecular complexity index is 900. The van der Waals surface area contributed by atoms with E-state index in [4.69, 9.17) is 13.9 Å². The van der Waals surface area contributed by atoms with Crippen LogP contribution in [0.2, 0.25) is 0 Å². The van der Waals surface area contributed by atoms with Gasteiger partial charge in [0.2, 0.25) is 11.8 Å². The molecular formula is C18H22N4O7. The molecule has 11 nitrogen and oxygen atoms in total. The lowest BCUT2D eigenvalue weighted by atomic mass is 9.91. The Hall–Kier alpha value is -3.34. The van der Waals surface area contributed by atoms with Crippen molar-refractivity contribution in [2.45, 2.75) is 18.9 Å². The molecule has 2 aromatic rings. The molecule has 1 aromatic carbocycles. The molecule has 0 radical (unpaired) electrons. The minimum atomic E-state index is -1.61. The van der Waals surface area contributed by atoms with Gasteiger partial charge in [0.1, 0.15) is 0 Å². The van der Waals surface area contributed by atoms with Crippen LogP contribution in [-0.4, -0.2) is 76.3 Å². The number of carbonyl (C=O) groups is 2. The number of aromatic nitrogens is 2. The van der Waals surface area contributed by atoms with Gasteiger partial charge >= 0.3 is 12.1 Å². The van der Waals surface area contributed by atoms with Gasteiger partial charge in [-0.25, -0.2) is 9.59 Å². The maximum atomic E-state index is 11.9. The molecule has 0 aliphatic carbocycles. The molecule has 1 aliphatic heterocycles. The van der Waals surface area contributed by atoms with Crippen LogP contribution in [0.15, 0.2) is 22.6 Å². The lowest BCUT2D eigenvalue weighted by Gasteiger charge is -2.42. The zero-order valence-electron chi connectivity index (χ0n) is 16.0. The van der Waals surface area contributed by atoms with Crippen molar-refractivity contribution in [1.82, 2.24) is 20.4 Å². The van der Waals surface area contributed by atoms with Crippen molar-refractivity contribution in [3.05, 3.63) is 24.1 Å². The van der Waals surface area contributed by atoms with E-state index in [1.807, 2.05) is 0 Å². The summed E-state index contributed by atoms with van der Waals surface area (Å²) in [4.78, 5) is 24.5. The van der Waals surface area contributed by atoms with Crippen LogP contribution in [0.5, 0.6) is 11.5 Å². The number of benzene rings is 1. The number of ether oxygens (including phenoxy) is 2. The third-order valence-corrected chi connectivity index (χ3v) is 4.79. The summed E-state index contributed by atoms with van der Waals surface area (Å²) in [6.45, 7) is 2.10. The first-order valence-electron chi connectivity index (χ1n) is 8.93. The molecule has 1 amide bonds. The number of aliphatic carboxylic acids is 1. The first-order valence-corrected chi connectivity index (χ1v) is 8.93. The van der Waals surface area contributed by atoms with E-state index < -0.39 is 17.6 Å². The monoisotopic (exact) mass is 406 g/mol. The van der Waals surface area contributed by atoms with Crippen molar-refractivity contribution in [1.29, 1.82) is 0 Å². The highest BCUT2D eigenvalue weighted by Crippen LogP contribution is 2.33. The second-order valence-electron chi connectivity index (χ2n) is 6.54. The number of carboxylic acid groups (broad SMARTS) is 2. The standard InChI is InChI=1S/C18H22N4O7/c1-11-20-21-15(29-11)12-3-4-13(27-2)14(9-12)28-8-5-18(16(23)24)10-19-6-7-22(18)17(25)26/h3-4,9,19H,5-8,10H2,1-2H3,(H,23,24)(H,25,26)/t18-/m1/s1. The van der Waals surface area contributed by atoms with Crippen molar-refractivity contribution < 1.29 is 33.7 Å². The second kappa shape index (κ2) is 8.35. The molecule has 1 fully saturated rings. The molecule has 1 saturated heterocycles. The number of piperazine rings is 1. The smallest absolute Gasteiger partial charge is 0.408 e. The molecular weight excluding hydrogens is 384 g/mol. The van der Waals surface area contributed by atoms with Crippen LogP contribution < -0.4 is 14.8 Å². The number of amides is 1. The molecule has 29 heavy (non-hydrogen) atoms. The van der Waals surface area contributed by atoms with Gasteiger partial charge in [0.25, 0.3) is 0 Å². The molecule has 2 heterocycles. The maximum absolute atomic E-state index is 11.9. The Morgan fingerprint density at radius 2 is 2.10 bits per heavy atom. The lowest BCUT2D eigenvalue weighted by Crippen LogP contribution is -2.67. The largest absolute Gasteiger partial charge is 0.493 e. The van der Waals surface area contributed by atoms with Gasteiger partial charge in [-0.1, -0.05) is 0 Å². The normalized spacial score (nSPS) is 19.0. The minimum Gasteiger partial charge on any atom is -0.493 e. The van der Waals surface area contributed by atoms with Crippen molar-refractivity contribution in [2.24, 2.45) is 0 Å². The van der Waals surface area contributed by atoms with Crippen molar-refractivity contribution in [3.8, 4) is 23.0 Å². The maximum Gasteiger partial charge on any atom is 0.408 e. The van der Waals surface area contributed by atoms with Gasteiger partial charge in [-0.15, -0.1) is 10.2 Å². The number of carboxylic acids is 1.